The largest absolute Gasteiger partial charge is 0.285 e. The van der Waals surface area contributed by atoms with E-state index >= 15 is 0 Å². The first-order valence-corrected chi connectivity index (χ1v) is 6.74. The predicted octanol–water partition coefficient (Wildman–Crippen LogP) is 2.05. The van der Waals surface area contributed by atoms with Gasteiger partial charge in [-0.15, -0.1) is 0 Å². The molecule has 0 aliphatic carbocycles. The molecule has 0 spiro atoms. The van der Waals surface area contributed by atoms with Crippen molar-refractivity contribution in [3.8, 4) is 0 Å². The molecule has 0 amide bonds. The second kappa shape index (κ2) is 5.03. The van der Waals surface area contributed by atoms with Gasteiger partial charge in [-0.3, -0.25) is 5.10 Å². The van der Waals surface area contributed by atoms with Crippen LogP contribution in [0.3, 0.4) is 0 Å². The van der Waals surface area contributed by atoms with Gasteiger partial charge in [0.1, 0.15) is 5.82 Å². The maximum atomic E-state index is 13.1. The van der Waals surface area contributed by atoms with Crippen molar-refractivity contribution in [1.82, 2.24) is 15.2 Å². The van der Waals surface area contributed by atoms with Crippen LogP contribution >= 0.6 is 0 Å². The Labute approximate surface area is 125 Å². The molecule has 0 radical (unpaired) electrons. The lowest BCUT2D eigenvalue weighted by atomic mass is 10.1. The number of aliphatic imine (C=N–C) groups is 2. The van der Waals surface area contributed by atoms with E-state index in [1.54, 1.807) is 35.7 Å². The van der Waals surface area contributed by atoms with Crippen molar-refractivity contribution in [2.75, 3.05) is 6.54 Å². The van der Waals surface area contributed by atoms with Crippen molar-refractivity contribution >= 4 is 23.6 Å². The molecular formula is C15H11FN6. The van der Waals surface area contributed by atoms with E-state index in [0.717, 1.165) is 16.8 Å². The molecule has 0 unspecified atom stereocenters. The molecule has 4 rings (SSSR count). The number of aromatic nitrogens is 2. The number of nitrogens with one attached hydrogen (secondary N) is 1. The maximum Gasteiger partial charge on any atom is 0.247 e. The summed E-state index contributed by atoms with van der Waals surface area (Å²) >= 11 is 0. The lowest BCUT2D eigenvalue weighted by Crippen LogP contribution is -2.31. The first-order chi connectivity index (χ1) is 10.8. The lowest BCUT2D eigenvalue weighted by Gasteiger charge is -2.26. The fraction of sp³-hybridized carbons (Fsp3) is 0.0667. The number of aromatic amines is 1. The normalized spacial score (nSPS) is 16.8. The molecule has 0 saturated heterocycles. The Morgan fingerprint density at radius 3 is 2.77 bits per heavy atom. The van der Waals surface area contributed by atoms with Crippen molar-refractivity contribution in [2.45, 2.75) is 0 Å². The van der Waals surface area contributed by atoms with Gasteiger partial charge in [0, 0.05) is 23.5 Å². The van der Waals surface area contributed by atoms with E-state index in [0.29, 0.717) is 18.2 Å². The molecule has 0 bridgehead atoms. The number of allylic oxidation sites excluding steroid dienone is 1. The van der Waals surface area contributed by atoms with Gasteiger partial charge in [-0.2, -0.15) is 15.2 Å². The smallest absolute Gasteiger partial charge is 0.247 e. The summed E-state index contributed by atoms with van der Waals surface area (Å²) in [5.74, 6) is 0.237. The van der Waals surface area contributed by atoms with E-state index in [2.05, 4.69) is 25.3 Å². The molecular weight excluding hydrogens is 283 g/mol. The van der Waals surface area contributed by atoms with Crippen LogP contribution in [0.1, 0.15) is 11.1 Å². The topological polar surface area (TPSA) is 69.0 Å². The highest BCUT2D eigenvalue weighted by Gasteiger charge is 2.25. The molecule has 2 aliphatic heterocycles. The number of H-pyrrole nitrogens is 1. The highest BCUT2D eigenvalue weighted by atomic mass is 19.1. The number of nitrogens with zero attached hydrogens (tertiary/aromatic N) is 5. The average Bonchev–Trinajstić information content (AvgIpc) is 3.09. The third-order valence-corrected chi connectivity index (χ3v) is 3.36. The molecule has 7 heteroatoms. The Hall–Kier alpha value is -3.09. The van der Waals surface area contributed by atoms with E-state index in [4.69, 9.17) is 0 Å². The number of guanidine groups is 1. The quantitative estimate of drug-likeness (QED) is 0.921. The van der Waals surface area contributed by atoms with E-state index in [-0.39, 0.29) is 5.82 Å². The number of rotatable bonds is 2. The molecule has 2 aliphatic rings. The number of benzene rings is 1. The van der Waals surface area contributed by atoms with Crippen LogP contribution in [0.2, 0.25) is 0 Å². The van der Waals surface area contributed by atoms with Gasteiger partial charge in [0.2, 0.25) is 5.96 Å². The molecule has 6 nitrogen and oxygen atoms in total. The maximum absolute atomic E-state index is 13.1. The summed E-state index contributed by atoms with van der Waals surface area (Å²) in [6.45, 7) is 0.491. The van der Waals surface area contributed by atoms with Gasteiger partial charge in [0.15, 0.2) is 0 Å². The van der Waals surface area contributed by atoms with Crippen molar-refractivity contribution < 1.29 is 4.39 Å². The molecule has 1 aromatic carbocycles. The first-order valence-electron chi connectivity index (χ1n) is 6.74. The summed E-state index contributed by atoms with van der Waals surface area (Å²) in [6, 6.07) is 6.22. The standard InChI is InChI=1S/C15H11FN6/c16-12-3-1-10(2-4-12)13-7-14(11-8-18-19-9-11)22-15(21-13)17-5-6-20-22/h1-4,6-9H,5H2,(H,18,19). The molecule has 108 valence electrons. The fourth-order valence-corrected chi connectivity index (χ4v) is 2.31. The van der Waals surface area contributed by atoms with Crippen LogP contribution in [0.5, 0.6) is 0 Å². The Balaban J connectivity index is 1.83. The Morgan fingerprint density at radius 1 is 1.14 bits per heavy atom. The number of hydrogen-bond acceptors (Lipinski definition) is 5. The number of fused-ring (bicyclic) bond motifs is 1. The third kappa shape index (κ3) is 2.12. The van der Waals surface area contributed by atoms with E-state index in [9.17, 15) is 4.39 Å². The minimum Gasteiger partial charge on any atom is -0.285 e. The highest BCUT2D eigenvalue weighted by Crippen LogP contribution is 2.26. The minimum atomic E-state index is -0.277. The fourth-order valence-electron chi connectivity index (χ4n) is 2.31. The zero-order valence-corrected chi connectivity index (χ0v) is 11.4. The summed E-state index contributed by atoms with van der Waals surface area (Å²) in [4.78, 5) is 8.88. The Bertz CT molecular complexity index is 814. The lowest BCUT2D eigenvalue weighted by molar-refractivity contribution is 0.609. The van der Waals surface area contributed by atoms with Crippen molar-refractivity contribution in [3.63, 3.8) is 0 Å². The summed E-state index contributed by atoms with van der Waals surface area (Å²) in [7, 11) is 0. The second-order valence-corrected chi connectivity index (χ2v) is 4.77. The van der Waals surface area contributed by atoms with E-state index in [1.807, 2.05) is 6.08 Å². The zero-order chi connectivity index (χ0) is 14.9. The van der Waals surface area contributed by atoms with Gasteiger partial charge in [-0.1, -0.05) is 0 Å². The van der Waals surface area contributed by atoms with Crippen LogP contribution in [0.15, 0.2) is 57.8 Å². The molecule has 3 heterocycles. The third-order valence-electron chi connectivity index (χ3n) is 3.36. The van der Waals surface area contributed by atoms with E-state index in [1.165, 1.54) is 12.1 Å². The Morgan fingerprint density at radius 2 is 2.00 bits per heavy atom. The van der Waals surface area contributed by atoms with Crippen molar-refractivity contribution in [1.29, 1.82) is 0 Å². The van der Waals surface area contributed by atoms with Crippen LogP contribution in [-0.2, 0) is 0 Å². The van der Waals surface area contributed by atoms with Gasteiger partial charge in [0.25, 0.3) is 0 Å². The molecule has 2 aromatic rings. The minimum absolute atomic E-state index is 0.277. The predicted molar refractivity (Wildman–Crippen MR) is 82.1 cm³/mol. The molecule has 0 fully saturated rings. The highest BCUT2D eigenvalue weighted by molar-refractivity contribution is 6.20. The van der Waals surface area contributed by atoms with Gasteiger partial charge in [-0.25, -0.2) is 14.4 Å². The number of hydrazone groups is 1. The Kier molecular flexibility index (Phi) is 2.89. The van der Waals surface area contributed by atoms with Crippen LogP contribution in [0, 0.1) is 5.82 Å². The van der Waals surface area contributed by atoms with Crippen LogP contribution in [-0.4, -0.2) is 39.6 Å². The molecule has 1 N–H and O–H groups in total. The molecule has 0 atom stereocenters. The van der Waals surface area contributed by atoms with Crippen LogP contribution < -0.4 is 0 Å². The average molecular weight is 294 g/mol. The first kappa shape index (κ1) is 12.6. The van der Waals surface area contributed by atoms with Crippen molar-refractivity contribution in [2.24, 2.45) is 15.1 Å². The van der Waals surface area contributed by atoms with Crippen LogP contribution in [0.25, 0.3) is 5.70 Å². The van der Waals surface area contributed by atoms with Gasteiger partial charge >= 0.3 is 0 Å². The molecule has 0 saturated carbocycles. The summed E-state index contributed by atoms with van der Waals surface area (Å²) < 4.78 is 13.1. The monoisotopic (exact) mass is 294 g/mol. The van der Waals surface area contributed by atoms with Crippen LogP contribution in [0.4, 0.5) is 4.39 Å². The van der Waals surface area contributed by atoms with Crippen molar-refractivity contribution in [3.05, 3.63) is 59.7 Å². The summed E-state index contributed by atoms with van der Waals surface area (Å²) in [5.41, 5.74) is 3.22. The van der Waals surface area contributed by atoms with Gasteiger partial charge in [0.05, 0.1) is 24.2 Å². The summed E-state index contributed by atoms with van der Waals surface area (Å²) in [5, 5.41) is 12.8. The molecule has 22 heavy (non-hydrogen) atoms. The second-order valence-electron chi connectivity index (χ2n) is 4.77. The number of hydrogen-bond donors (Lipinski definition) is 1. The summed E-state index contributed by atoms with van der Waals surface area (Å²) in [6.07, 6.45) is 7.10. The van der Waals surface area contributed by atoms with Gasteiger partial charge < -0.3 is 0 Å². The van der Waals surface area contributed by atoms with E-state index < -0.39 is 0 Å². The SMILES string of the molecule is Fc1ccc(C2=NC3=NCC=NN3C(c3cn[nH]c3)=C2)cc1. The molecule has 1 aromatic heterocycles. The number of halogens is 1. The zero-order valence-electron chi connectivity index (χ0n) is 11.4. The van der Waals surface area contributed by atoms with Gasteiger partial charge in [-0.05, 0) is 30.3 Å².